The van der Waals surface area contributed by atoms with Crippen molar-refractivity contribution < 1.29 is 0 Å². The summed E-state index contributed by atoms with van der Waals surface area (Å²) in [6.07, 6.45) is 0. The normalized spacial score (nSPS) is 11.6. The molecule has 0 nitrogen and oxygen atoms in total. The van der Waals surface area contributed by atoms with Crippen molar-refractivity contribution in [2.45, 2.75) is 0 Å². The van der Waals surface area contributed by atoms with Gasteiger partial charge in [-0.25, -0.2) is 0 Å². The molecule has 27 rings (SSSR count). The molecule has 0 saturated heterocycles. The van der Waals surface area contributed by atoms with Crippen LogP contribution in [0.3, 0.4) is 0 Å². The maximum Gasteiger partial charge on any atom is 0.0440 e. The minimum absolute atomic E-state index is 1.24. The Labute approximate surface area is 783 Å². The second-order valence-corrected chi connectivity index (χ2v) is 37.7. The van der Waals surface area contributed by atoms with Crippen molar-refractivity contribution in [3.05, 3.63) is 497 Å². The third-order valence-corrected chi connectivity index (χ3v) is 30.5. The summed E-state index contributed by atoms with van der Waals surface area (Å²) in [6, 6.07) is 182. The highest BCUT2D eigenvalue weighted by Gasteiger charge is 2.25. The Bertz CT molecular complexity index is 9040. The maximum atomic E-state index is 2.45. The summed E-state index contributed by atoms with van der Waals surface area (Å²) < 4.78 is 7.94. The van der Waals surface area contributed by atoms with Gasteiger partial charge in [0.25, 0.3) is 0 Å². The van der Waals surface area contributed by atoms with Crippen LogP contribution in [0.1, 0.15) is 0 Å². The van der Waals surface area contributed by atoms with Gasteiger partial charge in [-0.3, -0.25) is 0 Å². The molecule has 0 N–H and O–H groups in total. The van der Waals surface area contributed by atoms with Crippen molar-refractivity contribution >= 4 is 170 Å². The monoisotopic (exact) mass is 1740 g/mol. The fourth-order valence-corrected chi connectivity index (χ4v) is 24.6. The van der Waals surface area contributed by atoms with Crippen molar-refractivity contribution in [2.75, 3.05) is 0 Å². The third-order valence-electron chi connectivity index (χ3n) is 27.0. The number of hydrogen-bond donors (Lipinski definition) is 0. The summed E-state index contributed by atoms with van der Waals surface area (Å²) in [4.78, 5) is 0. The molecule has 3 heterocycles. The van der Waals surface area contributed by atoms with Gasteiger partial charge in [-0.1, -0.05) is 443 Å². The first-order valence-corrected chi connectivity index (χ1v) is 48.1. The molecule has 0 spiro atoms. The predicted molar refractivity (Wildman–Crippen MR) is 580 cm³/mol. The molecule has 0 aliphatic rings. The lowest BCUT2D eigenvalue weighted by molar-refractivity contribution is 1.62. The second-order valence-electron chi connectivity index (χ2n) is 34.5. The van der Waals surface area contributed by atoms with E-state index < -0.39 is 0 Å². The van der Waals surface area contributed by atoms with Gasteiger partial charge in [0.2, 0.25) is 0 Å². The van der Waals surface area contributed by atoms with Gasteiger partial charge in [0.05, 0.1) is 0 Å². The average molecular weight is 1740 g/mol. The van der Waals surface area contributed by atoms with E-state index >= 15 is 0 Å². The quantitative estimate of drug-likeness (QED) is 0.113. The van der Waals surface area contributed by atoms with Crippen molar-refractivity contribution in [1.82, 2.24) is 0 Å². The zero-order valence-corrected chi connectivity index (χ0v) is 75.0. The molecule has 0 saturated carbocycles. The lowest BCUT2D eigenvalue weighted by atomic mass is 9.85. The zero-order chi connectivity index (χ0) is 87.8. The molecule has 0 amide bonds. The molecule has 0 aliphatic carbocycles. The van der Waals surface area contributed by atoms with E-state index in [2.05, 4.69) is 497 Å². The van der Waals surface area contributed by atoms with Crippen LogP contribution in [0.2, 0.25) is 0 Å². The van der Waals surface area contributed by atoms with Crippen molar-refractivity contribution in [1.29, 1.82) is 0 Å². The fourth-order valence-electron chi connectivity index (χ4n) is 21.0. The van der Waals surface area contributed by atoms with Crippen molar-refractivity contribution in [2.24, 2.45) is 0 Å². The Morgan fingerprint density at radius 3 is 0.752 bits per heavy atom. The highest BCUT2D eigenvalue weighted by molar-refractivity contribution is 7.27. The highest BCUT2D eigenvalue weighted by atomic mass is 32.1. The van der Waals surface area contributed by atoms with E-state index in [-0.39, 0.29) is 0 Å². The van der Waals surface area contributed by atoms with Crippen LogP contribution in [0.25, 0.3) is 258 Å². The van der Waals surface area contributed by atoms with E-state index in [1.165, 1.54) is 258 Å². The van der Waals surface area contributed by atoms with Gasteiger partial charge >= 0.3 is 0 Å². The van der Waals surface area contributed by atoms with Crippen LogP contribution in [0.4, 0.5) is 0 Å². The molecule has 27 aromatic rings. The first kappa shape index (κ1) is 79.0. The van der Waals surface area contributed by atoms with Crippen LogP contribution >= 0.6 is 34.0 Å². The summed E-state index contributed by atoms with van der Waals surface area (Å²) in [7, 11) is 0. The third kappa shape index (κ3) is 13.9. The Kier molecular flexibility index (Phi) is 20.0. The molecule has 3 heteroatoms. The van der Waals surface area contributed by atoms with Gasteiger partial charge < -0.3 is 0 Å². The lowest BCUT2D eigenvalue weighted by Gasteiger charge is -2.18. The van der Waals surface area contributed by atoms with E-state index in [4.69, 9.17) is 0 Å². The number of hydrogen-bond acceptors (Lipinski definition) is 3. The first-order valence-electron chi connectivity index (χ1n) is 45.7. The molecule has 24 aromatic carbocycles. The van der Waals surface area contributed by atoms with Crippen molar-refractivity contribution in [3.63, 3.8) is 0 Å². The molecule has 620 valence electrons. The zero-order valence-electron chi connectivity index (χ0n) is 72.6. The van der Waals surface area contributed by atoms with Gasteiger partial charge in [-0.15, -0.1) is 34.0 Å². The summed E-state index contributed by atoms with van der Waals surface area (Å²) >= 11 is 5.68. The molecule has 133 heavy (non-hydrogen) atoms. The van der Waals surface area contributed by atoms with Crippen LogP contribution in [-0.2, 0) is 0 Å². The molecule has 0 atom stereocenters. The minimum atomic E-state index is 1.24. The Morgan fingerprint density at radius 1 is 0.113 bits per heavy atom. The number of rotatable bonds is 11. The Hall–Kier alpha value is -16.2. The molecule has 0 unspecified atom stereocenters. The molecule has 0 fully saturated rings. The first-order chi connectivity index (χ1) is 66.0. The molecular weight excluding hydrogens is 1660 g/mol. The van der Waals surface area contributed by atoms with Gasteiger partial charge in [0.1, 0.15) is 0 Å². The molecule has 0 aliphatic heterocycles. The number of benzene rings is 24. The smallest absolute Gasteiger partial charge is 0.0440 e. The number of fused-ring (bicyclic) bond motifs is 16. The minimum Gasteiger partial charge on any atom is -0.135 e. The second kappa shape index (κ2) is 33.7. The number of thiophene rings is 3. The Balaban J connectivity index is 0.000000107. The van der Waals surface area contributed by atoms with Crippen LogP contribution in [-0.4, -0.2) is 0 Å². The van der Waals surface area contributed by atoms with E-state index in [1.807, 2.05) is 34.0 Å². The van der Waals surface area contributed by atoms with Gasteiger partial charge in [0.15, 0.2) is 0 Å². The van der Waals surface area contributed by atoms with Crippen LogP contribution in [0, 0.1) is 0 Å². The van der Waals surface area contributed by atoms with E-state index in [0.29, 0.717) is 0 Å². The summed E-state index contributed by atoms with van der Waals surface area (Å²) in [6.45, 7) is 0. The summed E-state index contributed by atoms with van der Waals surface area (Å²) in [5.41, 5.74) is 28.0. The lowest BCUT2D eigenvalue weighted by Crippen LogP contribution is -1.90. The SMILES string of the molecule is c1ccc(-c2c3ccccc3c(-c3ccc4sc5c(-c6ccccc6)ccc(-c6ccccc6)c5c4c3)c3ccccc23)cc1.c1ccc(-c2c3ccccc3c(-c3ccc4sc5ccc(-c6ccc7ccccc7c6)cc5c4c3)c3ccccc23)cc1.c1ccc(-c2ccc3c(sc4ccc(-c5c6ccccc6c(-c6ccccc6)c6ccccc56)cc43)c2-c2ccccc2)cc1. The van der Waals surface area contributed by atoms with Crippen LogP contribution in [0.15, 0.2) is 497 Å². The molecule has 0 radical (unpaired) electrons. The topological polar surface area (TPSA) is 0 Å². The highest BCUT2D eigenvalue weighted by Crippen LogP contribution is 2.54. The van der Waals surface area contributed by atoms with Crippen molar-refractivity contribution in [3.8, 4) is 122 Å². The average Bonchev–Trinajstić information content (AvgIpc) is 1.65. The predicted octanol–water partition coefficient (Wildman–Crippen LogP) is 38.6. The van der Waals surface area contributed by atoms with E-state index in [1.54, 1.807) is 0 Å². The molecule has 3 aromatic heterocycles. The molecular formula is C130H82S3. The molecule has 0 bridgehead atoms. The Morgan fingerprint density at radius 2 is 0.361 bits per heavy atom. The van der Waals surface area contributed by atoms with Gasteiger partial charge in [0, 0.05) is 66.1 Å². The summed E-state index contributed by atoms with van der Waals surface area (Å²) in [5.74, 6) is 0. The largest absolute Gasteiger partial charge is 0.135 e. The van der Waals surface area contributed by atoms with E-state index in [0.717, 1.165) is 0 Å². The van der Waals surface area contributed by atoms with Gasteiger partial charge in [-0.05, 0) is 247 Å². The maximum absolute atomic E-state index is 2.45. The van der Waals surface area contributed by atoms with E-state index in [9.17, 15) is 0 Å². The van der Waals surface area contributed by atoms with Crippen LogP contribution in [0.5, 0.6) is 0 Å². The fraction of sp³-hybridized carbons (Fsp3) is 0. The van der Waals surface area contributed by atoms with Gasteiger partial charge in [-0.2, -0.15) is 0 Å². The summed E-state index contributed by atoms with van der Waals surface area (Å²) in [5, 5.41) is 25.9. The van der Waals surface area contributed by atoms with Crippen LogP contribution < -0.4 is 0 Å². The standard InChI is InChI=1S/2C44H28S.C42H26S/c1-4-14-29(15-5-1)33-25-26-34(30-16-6-2-7-17-30)44-43(33)39-28-32(24-27-40(39)45-44)42-37-22-12-10-20-35(37)41(31-18-8-3-9-19-31)36-21-11-13-23-38(36)42;1-4-14-29(15-5-1)33-25-26-38-39-28-32(24-27-40(39)45-44(38)43(33)31-18-8-3-9-19-31)42-36-22-12-10-20-34(36)41(30-16-6-2-7-17-30)35-21-11-13-23-37(35)42;1-2-11-28(12-3-1)41-33-14-6-8-16-35(33)42(36-17-9-7-15-34(36)41)32-21-23-40-38(26-32)37-25-31(20-22-39(37)43-40)30-19-18-27-10-4-5-13-29(27)24-30/h2*1-28H;1-26H.